The third-order valence-electron chi connectivity index (χ3n) is 6.23. The van der Waals surface area contributed by atoms with Crippen molar-refractivity contribution in [2.24, 2.45) is 11.7 Å². The van der Waals surface area contributed by atoms with Crippen molar-refractivity contribution in [2.45, 2.75) is 37.6 Å². The molecule has 0 radical (unpaired) electrons. The third kappa shape index (κ3) is 5.34. The number of carbonyl (C=O) groups excluding carboxylic acids is 2. The molecule has 0 aliphatic heterocycles. The predicted molar refractivity (Wildman–Crippen MR) is 119 cm³/mol. The molecule has 4 rings (SSSR count). The minimum Gasteiger partial charge on any atom is -0.479 e. The highest BCUT2D eigenvalue weighted by atomic mass is 19.1. The number of hydrogen-bond acceptors (Lipinski definition) is 5. The van der Waals surface area contributed by atoms with Gasteiger partial charge in [0, 0.05) is 29.0 Å². The van der Waals surface area contributed by atoms with Crippen LogP contribution in [0, 0.1) is 17.6 Å². The molecule has 4 N–H and O–H groups in total. The quantitative estimate of drug-likeness (QED) is 0.472. The van der Waals surface area contributed by atoms with Gasteiger partial charge >= 0.3 is 5.97 Å². The van der Waals surface area contributed by atoms with E-state index in [1.807, 2.05) is 0 Å². The Bertz CT molecular complexity index is 1270. The second kappa shape index (κ2) is 10.00. The standard InChI is InChI=1S/C24H23F2N5O4/c25-16-8-9-18(19(26)11-16)21(24(34)35)28-23(33)14-6-4-13(5-7-14)20-12-31(30-29-20)17-3-1-2-15(10-17)22(27)32/h1-3,8-14,21H,4-7H2,(H2,27,32)(H,28,33)(H,34,35). The van der Waals surface area contributed by atoms with Crippen molar-refractivity contribution in [3.05, 3.63) is 77.1 Å². The summed E-state index contributed by atoms with van der Waals surface area (Å²) in [7, 11) is 0. The Morgan fingerprint density at radius 1 is 1.09 bits per heavy atom. The zero-order chi connectivity index (χ0) is 25.1. The van der Waals surface area contributed by atoms with Gasteiger partial charge in [0.1, 0.15) is 11.6 Å². The molecule has 1 heterocycles. The van der Waals surface area contributed by atoms with Crippen LogP contribution in [0.4, 0.5) is 8.78 Å². The smallest absolute Gasteiger partial charge is 0.331 e. The first-order chi connectivity index (χ1) is 16.7. The largest absolute Gasteiger partial charge is 0.479 e. The van der Waals surface area contributed by atoms with Crippen molar-refractivity contribution in [3.8, 4) is 5.69 Å². The highest BCUT2D eigenvalue weighted by Crippen LogP contribution is 2.35. The van der Waals surface area contributed by atoms with Crippen LogP contribution in [0.5, 0.6) is 0 Å². The van der Waals surface area contributed by atoms with Gasteiger partial charge in [0.15, 0.2) is 6.04 Å². The normalized spacial score (nSPS) is 18.6. The summed E-state index contributed by atoms with van der Waals surface area (Å²) in [6.45, 7) is 0. The van der Waals surface area contributed by atoms with E-state index < -0.39 is 41.4 Å². The fraction of sp³-hybridized carbons (Fsp3) is 0.292. The molecule has 1 aliphatic rings. The van der Waals surface area contributed by atoms with Gasteiger partial charge < -0.3 is 16.2 Å². The molecular formula is C24H23F2N5O4. The van der Waals surface area contributed by atoms with Crippen molar-refractivity contribution < 1.29 is 28.3 Å². The van der Waals surface area contributed by atoms with Crippen LogP contribution in [-0.4, -0.2) is 37.9 Å². The maximum absolute atomic E-state index is 14.1. The first-order valence-electron chi connectivity index (χ1n) is 11.0. The monoisotopic (exact) mass is 483 g/mol. The molecular weight excluding hydrogens is 460 g/mol. The Labute approximate surface area is 198 Å². The number of halogens is 2. The number of amides is 2. The first-order valence-corrected chi connectivity index (χ1v) is 11.0. The number of nitrogens with two attached hydrogens (primary N) is 1. The Morgan fingerprint density at radius 2 is 1.83 bits per heavy atom. The zero-order valence-electron chi connectivity index (χ0n) is 18.5. The van der Waals surface area contributed by atoms with E-state index >= 15 is 0 Å². The molecule has 9 nitrogen and oxygen atoms in total. The number of hydrogen-bond donors (Lipinski definition) is 3. The number of carboxylic acid groups (broad SMARTS) is 1. The minimum absolute atomic E-state index is 0.0527. The zero-order valence-corrected chi connectivity index (χ0v) is 18.5. The Balaban J connectivity index is 1.39. The van der Waals surface area contributed by atoms with E-state index in [-0.39, 0.29) is 11.5 Å². The number of aromatic nitrogens is 3. The van der Waals surface area contributed by atoms with E-state index in [1.54, 1.807) is 35.1 Å². The van der Waals surface area contributed by atoms with Gasteiger partial charge in [0.25, 0.3) is 0 Å². The van der Waals surface area contributed by atoms with E-state index in [2.05, 4.69) is 15.6 Å². The Kier molecular flexibility index (Phi) is 6.85. The van der Waals surface area contributed by atoms with E-state index in [1.165, 1.54) is 0 Å². The van der Waals surface area contributed by atoms with Gasteiger partial charge in [-0.15, -0.1) is 5.10 Å². The van der Waals surface area contributed by atoms with Crippen molar-refractivity contribution >= 4 is 17.8 Å². The summed E-state index contributed by atoms with van der Waals surface area (Å²) in [5, 5.41) is 20.2. The lowest BCUT2D eigenvalue weighted by atomic mass is 9.80. The van der Waals surface area contributed by atoms with E-state index in [0.717, 1.165) is 17.8 Å². The summed E-state index contributed by atoms with van der Waals surface area (Å²) in [5.41, 5.74) is 6.76. The van der Waals surface area contributed by atoms with Crippen LogP contribution < -0.4 is 11.1 Å². The van der Waals surface area contributed by atoms with Gasteiger partial charge in [0.2, 0.25) is 11.8 Å². The summed E-state index contributed by atoms with van der Waals surface area (Å²) >= 11 is 0. The number of nitrogens with one attached hydrogen (secondary N) is 1. The summed E-state index contributed by atoms with van der Waals surface area (Å²) in [5.74, 6) is -4.74. The molecule has 1 atom stereocenters. The van der Waals surface area contributed by atoms with Gasteiger partial charge in [-0.1, -0.05) is 17.3 Å². The van der Waals surface area contributed by atoms with Crippen LogP contribution >= 0.6 is 0 Å². The second-order valence-corrected chi connectivity index (χ2v) is 8.50. The van der Waals surface area contributed by atoms with Crippen LogP contribution in [0.3, 0.4) is 0 Å². The lowest BCUT2D eigenvalue weighted by Crippen LogP contribution is -2.39. The van der Waals surface area contributed by atoms with Crippen molar-refractivity contribution in [2.75, 3.05) is 0 Å². The van der Waals surface area contributed by atoms with Crippen LogP contribution in [0.1, 0.15) is 59.3 Å². The molecule has 2 amide bonds. The lowest BCUT2D eigenvalue weighted by Gasteiger charge is -2.27. The predicted octanol–water partition coefficient (Wildman–Crippen LogP) is 2.86. The molecule has 2 aromatic carbocycles. The Hall–Kier alpha value is -4.15. The first kappa shape index (κ1) is 24.0. The van der Waals surface area contributed by atoms with E-state index in [9.17, 15) is 28.3 Å². The topological polar surface area (TPSA) is 140 Å². The number of carboxylic acids is 1. The van der Waals surface area contributed by atoms with Gasteiger partial charge in [0.05, 0.1) is 17.6 Å². The summed E-state index contributed by atoms with van der Waals surface area (Å²) in [6.07, 6.45) is 3.99. The van der Waals surface area contributed by atoms with Crippen LogP contribution in [-0.2, 0) is 9.59 Å². The molecule has 0 spiro atoms. The lowest BCUT2D eigenvalue weighted by molar-refractivity contribution is -0.143. The van der Waals surface area contributed by atoms with Gasteiger partial charge in [-0.3, -0.25) is 9.59 Å². The molecule has 3 aromatic rings. The van der Waals surface area contributed by atoms with Crippen molar-refractivity contribution in [1.82, 2.24) is 20.3 Å². The molecule has 1 saturated carbocycles. The van der Waals surface area contributed by atoms with Gasteiger partial charge in [-0.25, -0.2) is 18.3 Å². The average Bonchev–Trinajstić information content (AvgIpc) is 3.33. The third-order valence-corrected chi connectivity index (χ3v) is 6.23. The number of rotatable bonds is 7. The second-order valence-electron chi connectivity index (χ2n) is 8.50. The molecule has 182 valence electrons. The number of nitrogens with zero attached hydrogens (tertiary/aromatic N) is 3. The molecule has 0 saturated heterocycles. The Morgan fingerprint density at radius 3 is 2.49 bits per heavy atom. The molecule has 1 unspecified atom stereocenters. The number of primary amides is 1. The molecule has 0 bridgehead atoms. The van der Waals surface area contributed by atoms with Crippen molar-refractivity contribution in [3.63, 3.8) is 0 Å². The van der Waals surface area contributed by atoms with Crippen LogP contribution in [0.2, 0.25) is 0 Å². The van der Waals surface area contributed by atoms with Crippen molar-refractivity contribution in [1.29, 1.82) is 0 Å². The molecule has 35 heavy (non-hydrogen) atoms. The number of carbonyl (C=O) groups is 3. The molecule has 1 fully saturated rings. The maximum atomic E-state index is 14.1. The van der Waals surface area contributed by atoms with Crippen LogP contribution in [0.25, 0.3) is 5.69 Å². The SMILES string of the molecule is NC(=O)c1cccc(-n2cc(C3CCC(C(=O)NC(C(=O)O)c4ccc(F)cc4F)CC3)nn2)c1. The number of aliphatic carboxylic acids is 1. The summed E-state index contributed by atoms with van der Waals surface area (Å²) < 4.78 is 28.8. The fourth-order valence-electron chi connectivity index (χ4n) is 4.31. The molecule has 11 heteroatoms. The maximum Gasteiger partial charge on any atom is 0.331 e. The highest BCUT2D eigenvalue weighted by Gasteiger charge is 2.32. The molecule has 1 aliphatic carbocycles. The minimum atomic E-state index is -1.61. The van der Waals surface area contributed by atoms with E-state index in [4.69, 9.17) is 5.73 Å². The summed E-state index contributed by atoms with van der Waals surface area (Å²) in [6, 6.07) is 7.63. The van der Waals surface area contributed by atoms with Gasteiger partial charge in [-0.2, -0.15) is 0 Å². The summed E-state index contributed by atoms with van der Waals surface area (Å²) in [4.78, 5) is 35.8. The van der Waals surface area contributed by atoms with E-state index in [0.29, 0.717) is 43.0 Å². The fourth-order valence-corrected chi connectivity index (χ4v) is 4.31. The van der Waals surface area contributed by atoms with Crippen LogP contribution in [0.15, 0.2) is 48.7 Å². The highest BCUT2D eigenvalue weighted by molar-refractivity contribution is 5.93. The van der Waals surface area contributed by atoms with Gasteiger partial charge in [-0.05, 0) is 49.9 Å². The number of benzene rings is 2. The average molecular weight is 483 g/mol. The molecule has 1 aromatic heterocycles.